The van der Waals surface area contributed by atoms with Crippen LogP contribution in [0.1, 0.15) is 0 Å². The van der Waals surface area contributed by atoms with Gasteiger partial charge in [0.05, 0.1) is 0 Å². The maximum atomic E-state index is 9.76. The number of aliphatic carboxylic acids is 3. The Bertz CT molecular complexity index is 274. The molecular weight excluding hydrogens is 342 g/mol. The lowest BCUT2D eigenvalue weighted by Gasteiger charge is -1.96. The van der Waals surface area contributed by atoms with Crippen molar-refractivity contribution in [2.24, 2.45) is 17.2 Å². The third-order valence-corrected chi connectivity index (χ3v) is 2.72. The Morgan fingerprint density at radius 2 is 0.810 bits per heavy atom. The summed E-state index contributed by atoms with van der Waals surface area (Å²) in [5, 5.41) is 24.0. The van der Waals surface area contributed by atoms with Crippen molar-refractivity contribution in [2.45, 2.75) is 18.1 Å². The summed E-state index contributed by atoms with van der Waals surface area (Å²) < 4.78 is 0. The van der Waals surface area contributed by atoms with Gasteiger partial charge in [-0.1, -0.05) is 0 Å². The summed E-state index contributed by atoms with van der Waals surface area (Å²) in [6, 6.07) is -2.45. The third kappa shape index (κ3) is 19.3. The van der Waals surface area contributed by atoms with Crippen LogP contribution in [0.4, 0.5) is 0 Å². The van der Waals surface area contributed by atoms with E-state index in [1.165, 1.54) is 0 Å². The van der Waals surface area contributed by atoms with E-state index in [-0.39, 0.29) is 17.3 Å². The average Bonchev–Trinajstić information content (AvgIpc) is 2.45. The largest absolute Gasteiger partial charge is 0.480 e. The Morgan fingerprint density at radius 3 is 0.810 bits per heavy atom. The number of carboxylic acid groups (broad SMARTS) is 3. The lowest BCUT2D eigenvalue weighted by atomic mass is 10.4. The molecule has 0 saturated carbocycles. The topological polar surface area (TPSA) is 190 Å². The standard InChI is InChI=1S/3C3H7NO2S/c3*4-2(1-7)3(5)6/h3*2,7H,1,4H2,(H,5,6)/t3*2-/m000/s1. The Balaban J connectivity index is -0.000000231. The van der Waals surface area contributed by atoms with Crippen LogP contribution in [0.3, 0.4) is 0 Å². The zero-order valence-electron chi connectivity index (χ0n) is 11.0. The Labute approximate surface area is 138 Å². The predicted octanol–water partition coefficient (Wildman–Crippen LogP) is -2.02. The van der Waals surface area contributed by atoms with Crippen LogP contribution in [0.5, 0.6) is 0 Å². The van der Waals surface area contributed by atoms with Gasteiger partial charge >= 0.3 is 17.9 Å². The average molecular weight is 363 g/mol. The summed E-state index contributed by atoms with van der Waals surface area (Å²) in [6.07, 6.45) is 0. The Morgan fingerprint density at radius 1 is 0.667 bits per heavy atom. The van der Waals surface area contributed by atoms with Gasteiger partial charge in [-0.2, -0.15) is 37.9 Å². The highest BCUT2D eigenvalue weighted by Gasteiger charge is 2.07. The van der Waals surface area contributed by atoms with Gasteiger partial charge in [0.1, 0.15) is 18.1 Å². The predicted molar refractivity (Wildman–Crippen MR) is 88.4 cm³/mol. The van der Waals surface area contributed by atoms with Gasteiger partial charge in [-0.3, -0.25) is 14.4 Å². The fraction of sp³-hybridized carbons (Fsp3) is 0.667. The summed E-state index contributed by atoms with van der Waals surface area (Å²) in [5.41, 5.74) is 14.8. The molecule has 3 atom stereocenters. The molecule has 0 bridgehead atoms. The second-order valence-electron chi connectivity index (χ2n) is 3.38. The minimum Gasteiger partial charge on any atom is -0.480 e. The Kier molecular flexibility index (Phi) is 18.9. The molecule has 126 valence electrons. The van der Waals surface area contributed by atoms with Crippen LogP contribution >= 0.6 is 37.9 Å². The molecule has 12 heteroatoms. The lowest BCUT2D eigenvalue weighted by molar-refractivity contribution is -0.138. The van der Waals surface area contributed by atoms with E-state index in [2.05, 4.69) is 37.9 Å². The number of carboxylic acids is 3. The molecule has 0 aliphatic heterocycles. The molecule has 0 aliphatic carbocycles. The van der Waals surface area contributed by atoms with Crippen molar-refractivity contribution in [1.82, 2.24) is 0 Å². The monoisotopic (exact) mass is 363 g/mol. The van der Waals surface area contributed by atoms with Gasteiger partial charge in [-0.05, 0) is 0 Å². The summed E-state index contributed by atoms with van der Waals surface area (Å²) in [6.45, 7) is 0. The molecular formula is C9H21N3O6S3. The number of hydrogen-bond donors (Lipinski definition) is 9. The zero-order valence-corrected chi connectivity index (χ0v) is 13.7. The molecule has 21 heavy (non-hydrogen) atoms. The molecule has 0 heterocycles. The lowest BCUT2D eigenvalue weighted by Crippen LogP contribution is -2.31. The maximum absolute atomic E-state index is 9.76. The highest BCUT2D eigenvalue weighted by Crippen LogP contribution is 1.81. The highest BCUT2D eigenvalue weighted by atomic mass is 32.1. The van der Waals surface area contributed by atoms with Crippen molar-refractivity contribution >= 4 is 55.8 Å². The molecule has 0 unspecified atom stereocenters. The fourth-order valence-corrected chi connectivity index (χ4v) is 0.703. The van der Waals surface area contributed by atoms with Crippen LogP contribution in [-0.4, -0.2) is 68.6 Å². The number of nitrogens with two attached hydrogens (primary N) is 3. The summed E-state index contributed by atoms with van der Waals surface area (Å²) in [5.74, 6) is -2.44. The van der Waals surface area contributed by atoms with Crippen molar-refractivity contribution in [3.63, 3.8) is 0 Å². The SMILES string of the molecule is N[C@@H](CS)C(=O)O.N[C@@H](CS)C(=O)O.N[C@@H](CS)C(=O)O. The van der Waals surface area contributed by atoms with Crippen LogP contribution in [0.25, 0.3) is 0 Å². The highest BCUT2D eigenvalue weighted by molar-refractivity contribution is 7.80. The van der Waals surface area contributed by atoms with E-state index in [4.69, 9.17) is 32.5 Å². The molecule has 0 radical (unpaired) electrons. The molecule has 9 N–H and O–H groups in total. The second kappa shape index (κ2) is 15.7. The van der Waals surface area contributed by atoms with E-state index in [0.717, 1.165) is 0 Å². The fourth-order valence-electron chi connectivity index (χ4n) is 0.234. The van der Waals surface area contributed by atoms with Gasteiger partial charge in [0.2, 0.25) is 0 Å². The number of hydrogen-bond acceptors (Lipinski definition) is 9. The van der Waals surface area contributed by atoms with Crippen LogP contribution in [-0.2, 0) is 14.4 Å². The Hall–Kier alpha value is -0.660. The molecule has 0 rings (SSSR count). The first-order valence-corrected chi connectivity index (χ1v) is 7.22. The second-order valence-corrected chi connectivity index (χ2v) is 4.48. The molecule has 0 aliphatic rings. The summed E-state index contributed by atoms with van der Waals surface area (Å²) in [4.78, 5) is 29.3. The first-order valence-electron chi connectivity index (χ1n) is 5.32. The van der Waals surface area contributed by atoms with Gasteiger partial charge < -0.3 is 32.5 Å². The smallest absolute Gasteiger partial charge is 0.321 e. The van der Waals surface area contributed by atoms with Gasteiger partial charge in [-0.15, -0.1) is 0 Å². The molecule has 0 aromatic carbocycles. The zero-order chi connectivity index (χ0) is 17.6. The van der Waals surface area contributed by atoms with Crippen LogP contribution < -0.4 is 17.2 Å². The first-order chi connectivity index (χ1) is 9.54. The minimum atomic E-state index is -1.00. The van der Waals surface area contributed by atoms with E-state index in [0.29, 0.717) is 0 Å². The molecule has 0 aromatic heterocycles. The number of thiol groups is 3. The molecule has 0 amide bonds. The van der Waals surface area contributed by atoms with Crippen molar-refractivity contribution in [1.29, 1.82) is 0 Å². The van der Waals surface area contributed by atoms with E-state index >= 15 is 0 Å². The summed E-state index contributed by atoms with van der Waals surface area (Å²) in [7, 11) is 0. The van der Waals surface area contributed by atoms with Crippen molar-refractivity contribution in [3.05, 3.63) is 0 Å². The van der Waals surface area contributed by atoms with E-state index < -0.39 is 36.0 Å². The molecule has 9 nitrogen and oxygen atoms in total. The van der Waals surface area contributed by atoms with Crippen molar-refractivity contribution < 1.29 is 29.7 Å². The normalized spacial score (nSPS) is 13.4. The van der Waals surface area contributed by atoms with Crippen LogP contribution in [0.15, 0.2) is 0 Å². The quantitative estimate of drug-likeness (QED) is 0.240. The molecule has 0 saturated heterocycles. The minimum absolute atomic E-state index is 0.190. The first kappa shape index (κ1) is 25.3. The van der Waals surface area contributed by atoms with Gasteiger partial charge in [0.25, 0.3) is 0 Å². The van der Waals surface area contributed by atoms with Crippen LogP contribution in [0.2, 0.25) is 0 Å². The van der Waals surface area contributed by atoms with Gasteiger partial charge in [0.15, 0.2) is 0 Å². The van der Waals surface area contributed by atoms with Crippen molar-refractivity contribution in [2.75, 3.05) is 17.3 Å². The van der Waals surface area contributed by atoms with Crippen LogP contribution in [0, 0.1) is 0 Å². The van der Waals surface area contributed by atoms with Gasteiger partial charge in [0, 0.05) is 17.3 Å². The third-order valence-electron chi connectivity index (χ3n) is 1.54. The van der Waals surface area contributed by atoms with E-state index in [1.807, 2.05) is 0 Å². The van der Waals surface area contributed by atoms with E-state index in [1.54, 1.807) is 0 Å². The molecule has 0 aromatic rings. The number of carbonyl (C=O) groups is 3. The number of rotatable bonds is 6. The van der Waals surface area contributed by atoms with Crippen molar-refractivity contribution in [3.8, 4) is 0 Å². The van der Waals surface area contributed by atoms with Gasteiger partial charge in [-0.25, -0.2) is 0 Å². The maximum Gasteiger partial charge on any atom is 0.321 e. The molecule has 0 spiro atoms. The van der Waals surface area contributed by atoms with E-state index in [9.17, 15) is 14.4 Å². The molecule has 0 fully saturated rings. The summed E-state index contributed by atoms with van der Waals surface area (Å²) >= 11 is 10.9.